The van der Waals surface area contributed by atoms with Crippen molar-refractivity contribution in [3.8, 4) is 0 Å². The van der Waals surface area contributed by atoms with Crippen LogP contribution in [0.2, 0.25) is 0 Å². The molecule has 0 radical (unpaired) electrons. The number of carboxylic acids is 1. The summed E-state index contributed by atoms with van der Waals surface area (Å²) in [7, 11) is 0. The minimum absolute atomic E-state index is 0.000983. The van der Waals surface area contributed by atoms with E-state index in [4.69, 9.17) is 9.63 Å². The van der Waals surface area contributed by atoms with Crippen molar-refractivity contribution in [3.63, 3.8) is 0 Å². The van der Waals surface area contributed by atoms with Gasteiger partial charge in [-0.3, -0.25) is 4.79 Å². The summed E-state index contributed by atoms with van der Waals surface area (Å²) < 4.78 is 6.01. The van der Waals surface area contributed by atoms with Gasteiger partial charge in [0.05, 0.1) is 12.2 Å². The molecule has 0 amide bonds. The Bertz CT molecular complexity index is 574. The van der Waals surface area contributed by atoms with E-state index in [0.717, 1.165) is 9.37 Å². The van der Waals surface area contributed by atoms with Crippen LogP contribution in [0, 0.1) is 0 Å². The van der Waals surface area contributed by atoms with Gasteiger partial charge < -0.3 is 9.63 Å². The third-order valence-corrected chi connectivity index (χ3v) is 4.28. The quantitative estimate of drug-likeness (QED) is 0.812. The second-order valence-corrected chi connectivity index (χ2v) is 5.59. The van der Waals surface area contributed by atoms with Crippen LogP contribution in [-0.2, 0) is 17.0 Å². The smallest absolute Gasteiger partial charge is 0.303 e. The molecule has 0 atom stereocenters. The zero-order valence-electron chi connectivity index (χ0n) is 9.88. The minimum atomic E-state index is -0.873. The fraction of sp³-hybridized carbons (Fsp3) is 0.250. The number of aromatic nitrogens is 2. The molecule has 100 valence electrons. The lowest BCUT2D eigenvalue weighted by Crippen LogP contribution is -1.97. The number of aliphatic carboxylic acids is 1. The van der Waals surface area contributed by atoms with Crippen LogP contribution in [0.5, 0.6) is 0 Å². The SMILES string of the molecule is O=C(O)CCc1nc(CSc2ccccc2Br)no1. The van der Waals surface area contributed by atoms with Crippen LogP contribution in [-0.4, -0.2) is 21.2 Å². The predicted molar refractivity (Wildman–Crippen MR) is 74.0 cm³/mol. The van der Waals surface area contributed by atoms with E-state index in [1.807, 2.05) is 24.3 Å². The number of aryl methyl sites for hydroxylation is 1. The average molecular weight is 343 g/mol. The molecule has 0 aliphatic carbocycles. The van der Waals surface area contributed by atoms with Crippen molar-refractivity contribution < 1.29 is 14.4 Å². The van der Waals surface area contributed by atoms with Gasteiger partial charge in [-0.15, -0.1) is 11.8 Å². The van der Waals surface area contributed by atoms with Crippen LogP contribution in [0.25, 0.3) is 0 Å². The molecule has 0 saturated carbocycles. The van der Waals surface area contributed by atoms with Crippen molar-refractivity contribution in [2.75, 3.05) is 0 Å². The highest BCUT2D eigenvalue weighted by molar-refractivity contribution is 9.10. The molecule has 2 rings (SSSR count). The number of benzene rings is 1. The highest BCUT2D eigenvalue weighted by Gasteiger charge is 2.09. The third kappa shape index (κ3) is 4.36. The van der Waals surface area contributed by atoms with E-state index in [1.54, 1.807) is 11.8 Å². The lowest BCUT2D eigenvalue weighted by Gasteiger charge is -2.00. The molecule has 7 heteroatoms. The largest absolute Gasteiger partial charge is 0.481 e. The van der Waals surface area contributed by atoms with E-state index in [0.29, 0.717) is 17.5 Å². The lowest BCUT2D eigenvalue weighted by atomic mass is 10.3. The van der Waals surface area contributed by atoms with Gasteiger partial charge in [-0.25, -0.2) is 0 Å². The molecule has 1 N–H and O–H groups in total. The lowest BCUT2D eigenvalue weighted by molar-refractivity contribution is -0.137. The number of carbonyl (C=O) groups is 1. The van der Waals surface area contributed by atoms with E-state index < -0.39 is 5.97 Å². The minimum Gasteiger partial charge on any atom is -0.481 e. The van der Waals surface area contributed by atoms with E-state index >= 15 is 0 Å². The van der Waals surface area contributed by atoms with Gasteiger partial charge in [0.25, 0.3) is 0 Å². The third-order valence-electron chi connectivity index (χ3n) is 2.26. The first-order chi connectivity index (χ1) is 9.15. The Labute approximate surface area is 122 Å². The normalized spacial score (nSPS) is 10.6. The Balaban J connectivity index is 1.90. The van der Waals surface area contributed by atoms with Crippen molar-refractivity contribution in [3.05, 3.63) is 40.5 Å². The zero-order chi connectivity index (χ0) is 13.7. The number of halogens is 1. The molecule has 1 aromatic heterocycles. The maximum atomic E-state index is 10.4. The Morgan fingerprint density at radius 1 is 1.42 bits per heavy atom. The molecule has 19 heavy (non-hydrogen) atoms. The highest BCUT2D eigenvalue weighted by Crippen LogP contribution is 2.28. The average Bonchev–Trinajstić information content (AvgIpc) is 2.83. The van der Waals surface area contributed by atoms with Gasteiger partial charge in [0.2, 0.25) is 5.89 Å². The standard InChI is InChI=1S/C12H11BrN2O3S/c13-8-3-1-2-4-9(8)19-7-10-14-11(18-15-10)5-6-12(16)17/h1-4H,5-7H2,(H,16,17). The van der Waals surface area contributed by atoms with Crippen molar-refractivity contribution in [1.29, 1.82) is 0 Å². The topological polar surface area (TPSA) is 76.2 Å². The number of nitrogens with zero attached hydrogens (tertiary/aromatic N) is 2. The van der Waals surface area contributed by atoms with E-state index in [1.165, 1.54) is 0 Å². The maximum absolute atomic E-state index is 10.4. The molecule has 0 aliphatic heterocycles. The molecule has 2 aromatic rings. The van der Waals surface area contributed by atoms with Gasteiger partial charge in [0, 0.05) is 15.8 Å². The summed E-state index contributed by atoms with van der Waals surface area (Å²) in [6.07, 6.45) is 0.265. The van der Waals surface area contributed by atoms with Crippen LogP contribution in [0.1, 0.15) is 18.1 Å². The van der Waals surface area contributed by atoms with Crippen LogP contribution >= 0.6 is 27.7 Å². The maximum Gasteiger partial charge on any atom is 0.303 e. The molecule has 0 aliphatic rings. The van der Waals surface area contributed by atoms with Crippen molar-refractivity contribution >= 4 is 33.7 Å². The molecular weight excluding hydrogens is 332 g/mol. The van der Waals surface area contributed by atoms with E-state index in [-0.39, 0.29) is 12.8 Å². The van der Waals surface area contributed by atoms with Crippen LogP contribution in [0.3, 0.4) is 0 Å². The number of carboxylic acid groups (broad SMARTS) is 1. The van der Waals surface area contributed by atoms with E-state index in [9.17, 15) is 4.79 Å². The predicted octanol–water partition coefficient (Wildman–Crippen LogP) is 3.14. The molecular formula is C12H11BrN2O3S. The van der Waals surface area contributed by atoms with Gasteiger partial charge in [0.1, 0.15) is 0 Å². The molecule has 0 unspecified atom stereocenters. The van der Waals surface area contributed by atoms with Crippen molar-refractivity contribution in [1.82, 2.24) is 10.1 Å². The monoisotopic (exact) mass is 342 g/mol. The Morgan fingerprint density at radius 2 is 2.21 bits per heavy atom. The summed E-state index contributed by atoms with van der Waals surface area (Å²) in [6.45, 7) is 0. The highest BCUT2D eigenvalue weighted by atomic mass is 79.9. The Morgan fingerprint density at radius 3 is 2.95 bits per heavy atom. The van der Waals surface area contributed by atoms with Crippen LogP contribution < -0.4 is 0 Å². The summed E-state index contributed by atoms with van der Waals surface area (Å²) in [5, 5.41) is 12.4. The number of hydrogen-bond acceptors (Lipinski definition) is 5. The Hall–Kier alpha value is -1.34. The summed E-state index contributed by atoms with van der Waals surface area (Å²) in [4.78, 5) is 15.7. The zero-order valence-corrected chi connectivity index (χ0v) is 12.3. The van der Waals surface area contributed by atoms with Gasteiger partial charge in [-0.1, -0.05) is 17.3 Å². The van der Waals surface area contributed by atoms with E-state index in [2.05, 4.69) is 26.1 Å². The van der Waals surface area contributed by atoms with Crippen molar-refractivity contribution in [2.45, 2.75) is 23.5 Å². The fourth-order valence-electron chi connectivity index (χ4n) is 1.37. The van der Waals surface area contributed by atoms with Crippen molar-refractivity contribution in [2.24, 2.45) is 0 Å². The first-order valence-electron chi connectivity index (χ1n) is 5.56. The Kier molecular flexibility index (Phi) is 4.98. The van der Waals surface area contributed by atoms with Gasteiger partial charge in [0.15, 0.2) is 5.82 Å². The first-order valence-corrected chi connectivity index (χ1v) is 7.33. The van der Waals surface area contributed by atoms with Crippen LogP contribution in [0.15, 0.2) is 38.2 Å². The molecule has 1 aromatic carbocycles. The summed E-state index contributed by atoms with van der Waals surface area (Å²) >= 11 is 5.06. The molecule has 0 bridgehead atoms. The molecule has 5 nitrogen and oxygen atoms in total. The number of hydrogen-bond donors (Lipinski definition) is 1. The fourth-order valence-corrected chi connectivity index (χ4v) is 2.78. The van der Waals surface area contributed by atoms with Gasteiger partial charge >= 0.3 is 5.97 Å². The van der Waals surface area contributed by atoms with Crippen LogP contribution in [0.4, 0.5) is 0 Å². The number of thioether (sulfide) groups is 1. The second kappa shape index (κ2) is 6.72. The second-order valence-electron chi connectivity index (χ2n) is 3.72. The first kappa shape index (κ1) is 14.1. The summed E-state index contributed by atoms with van der Waals surface area (Å²) in [5.41, 5.74) is 0. The summed E-state index contributed by atoms with van der Waals surface area (Å²) in [5.74, 6) is 0.646. The molecule has 0 fully saturated rings. The van der Waals surface area contributed by atoms with Gasteiger partial charge in [-0.05, 0) is 28.1 Å². The van der Waals surface area contributed by atoms with Gasteiger partial charge in [-0.2, -0.15) is 4.98 Å². The molecule has 1 heterocycles. The molecule has 0 saturated heterocycles. The number of rotatable bonds is 6. The summed E-state index contributed by atoms with van der Waals surface area (Å²) in [6, 6.07) is 7.88. The molecule has 0 spiro atoms.